The van der Waals surface area contributed by atoms with Crippen molar-refractivity contribution in [3.8, 4) is 0 Å². The minimum atomic E-state index is -3.45. The van der Waals surface area contributed by atoms with Gasteiger partial charge in [0.05, 0.1) is 23.7 Å². The van der Waals surface area contributed by atoms with Crippen molar-refractivity contribution >= 4 is 10.0 Å². The van der Waals surface area contributed by atoms with Crippen LogP contribution >= 0.6 is 0 Å². The van der Waals surface area contributed by atoms with Crippen LogP contribution < -0.4 is 0 Å². The Morgan fingerprint density at radius 1 is 1.12 bits per heavy atom. The molecule has 1 heterocycles. The Hall–Kier alpha value is -0.990. The molecule has 1 aliphatic rings. The fourth-order valence-corrected chi connectivity index (χ4v) is 4.49. The number of hydrogen-bond donors (Lipinski definition) is 1. The van der Waals surface area contributed by atoms with Crippen LogP contribution in [-0.4, -0.2) is 74.3 Å². The van der Waals surface area contributed by atoms with Crippen molar-refractivity contribution in [1.29, 1.82) is 0 Å². The van der Waals surface area contributed by atoms with Gasteiger partial charge in [-0.3, -0.25) is 4.90 Å². The molecule has 1 fully saturated rings. The number of β-amino-alcohol motifs (C(OH)–C–C–N with tert-alkyl or cyclic N) is 1. The number of nitrogens with zero attached hydrogens (tertiary/aromatic N) is 2. The van der Waals surface area contributed by atoms with E-state index in [1.165, 1.54) is 4.31 Å². The third-order valence-electron chi connectivity index (χ3n) is 4.52. The second-order valence-corrected chi connectivity index (χ2v) is 9.07. The number of rotatable bonds is 9. The van der Waals surface area contributed by atoms with Crippen LogP contribution in [0, 0.1) is 0 Å². The van der Waals surface area contributed by atoms with Gasteiger partial charge >= 0.3 is 0 Å². The first kappa shape index (κ1) is 21.3. The molecule has 2 rings (SSSR count). The van der Waals surface area contributed by atoms with E-state index in [4.69, 9.17) is 4.74 Å². The normalized spacial score (nSPS) is 18.3. The van der Waals surface area contributed by atoms with Gasteiger partial charge in [-0.1, -0.05) is 25.5 Å². The minimum Gasteiger partial charge on any atom is -0.389 e. The highest BCUT2D eigenvalue weighted by molar-refractivity contribution is 7.89. The zero-order chi connectivity index (χ0) is 19.2. The Kier molecular flexibility index (Phi) is 8.04. The van der Waals surface area contributed by atoms with Crippen LogP contribution in [0.2, 0.25) is 0 Å². The largest absolute Gasteiger partial charge is 0.389 e. The molecule has 0 amide bonds. The average molecular weight is 385 g/mol. The zero-order valence-corrected chi connectivity index (χ0v) is 16.9. The number of sulfonamides is 1. The number of aryl methyl sites for hydroxylation is 1. The Morgan fingerprint density at radius 3 is 2.27 bits per heavy atom. The van der Waals surface area contributed by atoms with E-state index < -0.39 is 16.1 Å². The lowest BCUT2D eigenvalue weighted by molar-refractivity contribution is -0.0117. The number of ether oxygens (including phenoxy) is 1. The quantitative estimate of drug-likeness (QED) is 0.702. The molecule has 1 atom stereocenters. The number of aliphatic hydroxyl groups is 1. The number of benzene rings is 1. The van der Waals surface area contributed by atoms with Crippen molar-refractivity contribution in [2.75, 3.05) is 39.3 Å². The van der Waals surface area contributed by atoms with Crippen LogP contribution in [0.15, 0.2) is 29.2 Å². The van der Waals surface area contributed by atoms with Gasteiger partial charge in [-0.25, -0.2) is 8.42 Å². The van der Waals surface area contributed by atoms with Crippen molar-refractivity contribution in [3.63, 3.8) is 0 Å². The minimum absolute atomic E-state index is 0.0929. The standard InChI is InChI=1S/C19H32N2O4S/c1-4-5-17-6-8-19(9-7-17)26(23,24)21-12-10-20(11-13-21)14-18(22)15-25-16(2)3/h6-9,16,18,22H,4-5,10-15H2,1-3H3/t18-/m1/s1. The van der Waals surface area contributed by atoms with Crippen molar-refractivity contribution in [3.05, 3.63) is 29.8 Å². The van der Waals surface area contributed by atoms with Gasteiger partial charge in [0.2, 0.25) is 10.0 Å². The summed E-state index contributed by atoms with van der Waals surface area (Å²) >= 11 is 0. The predicted octanol–water partition coefficient (Wildman–Crippen LogP) is 1.73. The van der Waals surface area contributed by atoms with E-state index in [1.807, 2.05) is 26.0 Å². The third kappa shape index (κ3) is 6.03. The molecule has 0 bridgehead atoms. The molecule has 26 heavy (non-hydrogen) atoms. The molecule has 7 heteroatoms. The van der Waals surface area contributed by atoms with E-state index in [0.29, 0.717) is 44.2 Å². The lowest BCUT2D eigenvalue weighted by Crippen LogP contribution is -2.50. The maximum absolute atomic E-state index is 12.8. The van der Waals surface area contributed by atoms with Crippen LogP contribution in [0.25, 0.3) is 0 Å². The lowest BCUT2D eigenvalue weighted by atomic mass is 10.1. The van der Waals surface area contributed by atoms with E-state index in [0.717, 1.165) is 18.4 Å². The van der Waals surface area contributed by atoms with Gasteiger partial charge in [-0.05, 0) is 38.0 Å². The van der Waals surface area contributed by atoms with Crippen molar-refractivity contribution in [1.82, 2.24) is 9.21 Å². The molecule has 1 aliphatic heterocycles. The van der Waals surface area contributed by atoms with Gasteiger partial charge < -0.3 is 9.84 Å². The van der Waals surface area contributed by atoms with Crippen LogP contribution in [0.3, 0.4) is 0 Å². The monoisotopic (exact) mass is 384 g/mol. The smallest absolute Gasteiger partial charge is 0.243 e. The Bertz CT molecular complexity index is 638. The van der Waals surface area contributed by atoms with Gasteiger partial charge in [-0.15, -0.1) is 0 Å². The maximum atomic E-state index is 12.8. The van der Waals surface area contributed by atoms with E-state index in [2.05, 4.69) is 11.8 Å². The predicted molar refractivity (Wildman–Crippen MR) is 103 cm³/mol. The molecular weight excluding hydrogens is 352 g/mol. The average Bonchev–Trinajstić information content (AvgIpc) is 2.61. The highest BCUT2D eigenvalue weighted by Gasteiger charge is 2.29. The molecule has 1 saturated heterocycles. The summed E-state index contributed by atoms with van der Waals surface area (Å²) in [5.41, 5.74) is 1.16. The molecular formula is C19H32N2O4S. The molecule has 0 radical (unpaired) electrons. The molecule has 1 aromatic carbocycles. The third-order valence-corrected chi connectivity index (χ3v) is 6.43. The van der Waals surface area contributed by atoms with Crippen LogP contribution in [0.4, 0.5) is 0 Å². The van der Waals surface area contributed by atoms with E-state index in [9.17, 15) is 13.5 Å². The molecule has 0 saturated carbocycles. The van der Waals surface area contributed by atoms with Crippen molar-refractivity contribution in [2.24, 2.45) is 0 Å². The SMILES string of the molecule is CCCc1ccc(S(=O)(=O)N2CCN(C[C@@H](O)COC(C)C)CC2)cc1. The molecule has 1 aromatic rings. The Morgan fingerprint density at radius 2 is 1.73 bits per heavy atom. The molecule has 0 aliphatic carbocycles. The molecule has 6 nitrogen and oxygen atoms in total. The number of hydrogen-bond acceptors (Lipinski definition) is 5. The lowest BCUT2D eigenvalue weighted by Gasteiger charge is -2.35. The summed E-state index contributed by atoms with van der Waals surface area (Å²) in [7, 11) is -3.45. The Balaban J connectivity index is 1.87. The van der Waals surface area contributed by atoms with E-state index >= 15 is 0 Å². The van der Waals surface area contributed by atoms with Gasteiger partial charge in [0.1, 0.15) is 0 Å². The molecule has 148 valence electrons. The fraction of sp³-hybridized carbons (Fsp3) is 0.684. The van der Waals surface area contributed by atoms with Crippen molar-refractivity contribution in [2.45, 2.75) is 50.7 Å². The number of piperazine rings is 1. The molecule has 0 aromatic heterocycles. The summed E-state index contributed by atoms with van der Waals surface area (Å²) in [5.74, 6) is 0. The molecule has 1 N–H and O–H groups in total. The van der Waals surface area contributed by atoms with Crippen LogP contribution in [-0.2, 0) is 21.2 Å². The van der Waals surface area contributed by atoms with Crippen LogP contribution in [0.1, 0.15) is 32.8 Å². The van der Waals surface area contributed by atoms with Gasteiger partial charge in [0.25, 0.3) is 0 Å². The summed E-state index contributed by atoms with van der Waals surface area (Å²) < 4.78 is 32.6. The van der Waals surface area contributed by atoms with Crippen molar-refractivity contribution < 1.29 is 18.3 Å². The topological polar surface area (TPSA) is 70.1 Å². The second-order valence-electron chi connectivity index (χ2n) is 7.13. The summed E-state index contributed by atoms with van der Waals surface area (Å²) in [6.07, 6.45) is 1.55. The van der Waals surface area contributed by atoms with E-state index in [1.54, 1.807) is 12.1 Å². The first-order valence-corrected chi connectivity index (χ1v) is 10.9. The summed E-state index contributed by atoms with van der Waals surface area (Å²) in [6.45, 7) is 8.91. The summed E-state index contributed by atoms with van der Waals surface area (Å²) in [5, 5.41) is 10.0. The maximum Gasteiger partial charge on any atom is 0.243 e. The number of aliphatic hydroxyl groups excluding tert-OH is 1. The molecule has 0 spiro atoms. The first-order valence-electron chi connectivity index (χ1n) is 9.44. The highest BCUT2D eigenvalue weighted by Crippen LogP contribution is 2.19. The first-order chi connectivity index (χ1) is 12.3. The summed E-state index contributed by atoms with van der Waals surface area (Å²) in [6, 6.07) is 7.22. The van der Waals surface area contributed by atoms with Gasteiger partial charge in [0, 0.05) is 32.7 Å². The van der Waals surface area contributed by atoms with Gasteiger partial charge in [0.15, 0.2) is 0 Å². The molecule has 0 unspecified atom stereocenters. The van der Waals surface area contributed by atoms with E-state index in [-0.39, 0.29) is 6.10 Å². The van der Waals surface area contributed by atoms with Gasteiger partial charge in [-0.2, -0.15) is 4.31 Å². The summed E-state index contributed by atoms with van der Waals surface area (Å²) in [4.78, 5) is 2.45. The highest BCUT2D eigenvalue weighted by atomic mass is 32.2. The fourth-order valence-electron chi connectivity index (χ4n) is 3.07. The zero-order valence-electron chi connectivity index (χ0n) is 16.1. The Labute approximate surface area is 157 Å². The van der Waals surface area contributed by atoms with Crippen LogP contribution in [0.5, 0.6) is 0 Å². The second kappa shape index (κ2) is 9.80.